The summed E-state index contributed by atoms with van der Waals surface area (Å²) in [5.41, 5.74) is 11.1. The lowest BCUT2D eigenvalue weighted by Gasteiger charge is -2.17. The number of fused-ring (bicyclic) bond motifs is 3. The highest BCUT2D eigenvalue weighted by molar-refractivity contribution is 7.24. The van der Waals surface area contributed by atoms with E-state index in [0.29, 0.717) is 0 Å². The van der Waals surface area contributed by atoms with Gasteiger partial charge in [0.05, 0.1) is 0 Å². The number of thiophene rings is 1. The molecule has 0 radical (unpaired) electrons. The van der Waals surface area contributed by atoms with Crippen LogP contribution in [0.15, 0.2) is 164 Å². The summed E-state index contributed by atoms with van der Waals surface area (Å²) in [5.74, 6) is 0. The summed E-state index contributed by atoms with van der Waals surface area (Å²) in [7, 11) is 0. The summed E-state index contributed by atoms with van der Waals surface area (Å²) >= 11 is 8.07. The van der Waals surface area contributed by atoms with Gasteiger partial charge in [0.15, 0.2) is 0 Å². The molecule has 1 heterocycles. The van der Waals surface area contributed by atoms with E-state index in [0.717, 1.165) is 10.6 Å². The molecule has 0 bridgehead atoms. The molecule has 44 heavy (non-hydrogen) atoms. The van der Waals surface area contributed by atoms with E-state index < -0.39 is 0 Å². The van der Waals surface area contributed by atoms with Gasteiger partial charge in [-0.3, -0.25) is 0 Å². The van der Waals surface area contributed by atoms with Gasteiger partial charge in [0.1, 0.15) is 0 Å². The van der Waals surface area contributed by atoms with Gasteiger partial charge < -0.3 is 0 Å². The molecule has 0 nitrogen and oxygen atoms in total. The average Bonchev–Trinajstić information content (AvgIpc) is 3.50. The molecule has 8 rings (SSSR count). The molecule has 0 N–H and O–H groups in total. The molecule has 0 unspecified atom stereocenters. The molecule has 0 aliphatic rings. The number of halogens is 1. The number of benzene rings is 7. The van der Waals surface area contributed by atoms with Crippen LogP contribution in [-0.4, -0.2) is 0 Å². The van der Waals surface area contributed by atoms with Crippen molar-refractivity contribution in [2.45, 2.75) is 0 Å². The minimum Gasteiger partial charge on any atom is -0.134 e. The highest BCUT2D eigenvalue weighted by atomic mass is 35.5. The zero-order valence-corrected chi connectivity index (χ0v) is 25.4. The van der Waals surface area contributed by atoms with Gasteiger partial charge >= 0.3 is 0 Å². The van der Waals surface area contributed by atoms with Crippen LogP contribution in [0, 0.1) is 0 Å². The SMILES string of the molecule is Clc1ccc(-c2ccc(-c3sc4c(-c5ccccc5)c(-c5ccccc5)c5ccccc5c4c3-c3ccccc3)cc2)cc1. The highest BCUT2D eigenvalue weighted by Crippen LogP contribution is 2.54. The molecule has 7 aromatic carbocycles. The third kappa shape index (κ3) is 4.62. The molecular formula is C42H27ClS. The Morgan fingerprint density at radius 1 is 0.341 bits per heavy atom. The van der Waals surface area contributed by atoms with Crippen molar-refractivity contribution in [1.82, 2.24) is 0 Å². The van der Waals surface area contributed by atoms with Crippen LogP contribution in [0.2, 0.25) is 5.02 Å². The van der Waals surface area contributed by atoms with Gasteiger partial charge in [-0.05, 0) is 61.8 Å². The van der Waals surface area contributed by atoms with Gasteiger partial charge in [-0.25, -0.2) is 0 Å². The van der Waals surface area contributed by atoms with E-state index in [1.807, 2.05) is 23.5 Å². The Morgan fingerprint density at radius 2 is 0.773 bits per heavy atom. The first-order valence-corrected chi connectivity index (χ1v) is 16.0. The topological polar surface area (TPSA) is 0 Å². The Morgan fingerprint density at radius 3 is 1.34 bits per heavy atom. The fraction of sp³-hybridized carbons (Fsp3) is 0. The number of hydrogen-bond acceptors (Lipinski definition) is 1. The second kappa shape index (κ2) is 11.3. The molecule has 2 heteroatoms. The molecule has 0 fully saturated rings. The van der Waals surface area contributed by atoms with Crippen molar-refractivity contribution in [3.05, 3.63) is 169 Å². The van der Waals surface area contributed by atoms with Gasteiger partial charge in [0.25, 0.3) is 0 Å². The Kier molecular flexibility index (Phi) is 6.83. The lowest BCUT2D eigenvalue weighted by atomic mass is 9.86. The third-order valence-electron chi connectivity index (χ3n) is 8.36. The number of rotatable bonds is 5. The van der Waals surface area contributed by atoms with Gasteiger partial charge in [-0.15, -0.1) is 11.3 Å². The summed E-state index contributed by atoms with van der Waals surface area (Å²) < 4.78 is 1.31. The van der Waals surface area contributed by atoms with E-state index >= 15 is 0 Å². The predicted molar refractivity (Wildman–Crippen MR) is 192 cm³/mol. The lowest BCUT2D eigenvalue weighted by molar-refractivity contribution is 1.61. The largest absolute Gasteiger partial charge is 0.134 e. The van der Waals surface area contributed by atoms with Crippen LogP contribution < -0.4 is 0 Å². The van der Waals surface area contributed by atoms with Crippen LogP contribution in [0.3, 0.4) is 0 Å². The van der Waals surface area contributed by atoms with Gasteiger partial charge in [-0.2, -0.15) is 0 Å². The summed E-state index contributed by atoms with van der Waals surface area (Å²) in [5, 5.41) is 4.61. The minimum absolute atomic E-state index is 0.750. The second-order valence-electron chi connectivity index (χ2n) is 11.0. The highest BCUT2D eigenvalue weighted by Gasteiger charge is 2.24. The maximum absolute atomic E-state index is 6.17. The van der Waals surface area contributed by atoms with Crippen LogP contribution in [0.4, 0.5) is 0 Å². The van der Waals surface area contributed by atoms with Gasteiger partial charge in [0, 0.05) is 31.1 Å². The van der Waals surface area contributed by atoms with E-state index in [9.17, 15) is 0 Å². The van der Waals surface area contributed by atoms with Crippen LogP contribution in [0.5, 0.6) is 0 Å². The smallest absolute Gasteiger partial charge is 0.0446 e. The quantitative estimate of drug-likeness (QED) is 0.185. The number of hydrogen-bond donors (Lipinski definition) is 0. The second-order valence-corrected chi connectivity index (χ2v) is 12.4. The van der Waals surface area contributed by atoms with E-state index in [2.05, 4.69) is 152 Å². The Bertz CT molecular complexity index is 2230. The fourth-order valence-electron chi connectivity index (χ4n) is 6.36. The maximum atomic E-state index is 6.17. The van der Waals surface area contributed by atoms with Crippen LogP contribution in [0.1, 0.15) is 0 Å². The van der Waals surface area contributed by atoms with Crippen molar-refractivity contribution in [2.75, 3.05) is 0 Å². The van der Waals surface area contributed by atoms with Crippen molar-refractivity contribution >= 4 is 43.8 Å². The molecule has 0 saturated heterocycles. The van der Waals surface area contributed by atoms with E-state index in [4.69, 9.17) is 11.6 Å². The molecule has 0 saturated carbocycles. The Labute approximate surface area is 266 Å². The van der Waals surface area contributed by atoms with Gasteiger partial charge in [-0.1, -0.05) is 163 Å². The van der Waals surface area contributed by atoms with Gasteiger partial charge in [0.2, 0.25) is 0 Å². The van der Waals surface area contributed by atoms with E-state index in [1.54, 1.807) is 0 Å². The summed E-state index contributed by atoms with van der Waals surface area (Å²) in [6, 6.07) is 58.6. The normalized spacial score (nSPS) is 11.3. The Hall–Kier alpha value is -4.95. The standard InChI is InChI=1S/C42H27ClS/c43-34-26-24-29(25-27-34)28-20-22-33(23-21-28)41-39(32-16-8-3-9-17-32)40-36-19-11-10-18-35(36)37(30-12-4-1-5-13-30)38(42(40)44-41)31-14-6-2-7-15-31/h1-27H. The average molecular weight is 599 g/mol. The zero-order chi connectivity index (χ0) is 29.5. The molecule has 1 aromatic heterocycles. The molecule has 0 atom stereocenters. The monoisotopic (exact) mass is 598 g/mol. The van der Waals surface area contributed by atoms with Crippen molar-refractivity contribution in [2.24, 2.45) is 0 Å². The molecule has 0 aliphatic carbocycles. The molecule has 0 aliphatic heterocycles. The third-order valence-corrected chi connectivity index (χ3v) is 9.87. The van der Waals surface area contributed by atoms with Crippen molar-refractivity contribution < 1.29 is 0 Å². The van der Waals surface area contributed by atoms with E-state index in [1.165, 1.54) is 70.2 Å². The Balaban J connectivity index is 1.49. The first-order chi connectivity index (χ1) is 21.8. The summed E-state index contributed by atoms with van der Waals surface area (Å²) in [6.07, 6.45) is 0. The predicted octanol–water partition coefficient (Wildman–Crippen LogP) is 13.0. The zero-order valence-electron chi connectivity index (χ0n) is 23.9. The maximum Gasteiger partial charge on any atom is 0.0446 e. The van der Waals surface area contributed by atoms with Crippen molar-refractivity contribution in [3.8, 4) is 54.9 Å². The summed E-state index contributed by atoms with van der Waals surface area (Å²) in [6.45, 7) is 0. The summed E-state index contributed by atoms with van der Waals surface area (Å²) in [4.78, 5) is 1.28. The molecule has 208 valence electrons. The fourth-order valence-corrected chi connectivity index (χ4v) is 7.90. The molecule has 8 aromatic rings. The molecule has 0 amide bonds. The first-order valence-electron chi connectivity index (χ1n) is 14.8. The minimum atomic E-state index is 0.750. The first kappa shape index (κ1) is 26.7. The molecule has 0 spiro atoms. The van der Waals surface area contributed by atoms with Crippen molar-refractivity contribution in [1.29, 1.82) is 0 Å². The van der Waals surface area contributed by atoms with Crippen LogP contribution in [-0.2, 0) is 0 Å². The van der Waals surface area contributed by atoms with Crippen LogP contribution in [0.25, 0.3) is 75.8 Å². The van der Waals surface area contributed by atoms with E-state index in [-0.39, 0.29) is 0 Å². The van der Waals surface area contributed by atoms with Crippen molar-refractivity contribution in [3.63, 3.8) is 0 Å². The van der Waals surface area contributed by atoms with Crippen LogP contribution >= 0.6 is 22.9 Å². The molecular weight excluding hydrogens is 572 g/mol. The lowest BCUT2D eigenvalue weighted by Crippen LogP contribution is -1.90.